The van der Waals surface area contributed by atoms with Gasteiger partial charge in [0.15, 0.2) is 5.75 Å². The van der Waals surface area contributed by atoms with Gasteiger partial charge in [0.2, 0.25) is 0 Å². The van der Waals surface area contributed by atoms with Gasteiger partial charge >= 0.3 is 12.1 Å². The van der Waals surface area contributed by atoms with Crippen molar-refractivity contribution in [3.63, 3.8) is 0 Å². The smallest absolute Gasteiger partial charge is 0.307 e. The lowest BCUT2D eigenvalue weighted by molar-refractivity contribution is -1.02. The maximum atomic E-state index is 14.2. The van der Waals surface area contributed by atoms with E-state index in [1.165, 1.54) is 29.3 Å². The SMILES string of the molecule is Cc1ccc(NC(=O)Nc2cc(F)cc(O[N+]3(C(=O)N(C)C)CCCCC3)c2)cn1. The van der Waals surface area contributed by atoms with E-state index in [9.17, 15) is 14.0 Å². The van der Waals surface area contributed by atoms with Crippen LogP contribution >= 0.6 is 0 Å². The standard InChI is InChI=1S/C21H26FN5O3/c1-15-7-8-17(14-23-15)24-20(28)25-18-11-16(22)12-19(13-18)30-27(21(29)26(2)3)9-5-4-6-10-27/h7-8,11-14H,4-6,9-10H2,1-3H3,(H-,24,25,28)/p+1. The minimum atomic E-state index is -0.577. The summed E-state index contributed by atoms with van der Waals surface area (Å²) in [7, 11) is 3.34. The summed E-state index contributed by atoms with van der Waals surface area (Å²) in [6, 6.07) is 6.67. The van der Waals surface area contributed by atoms with E-state index < -0.39 is 11.8 Å². The summed E-state index contributed by atoms with van der Waals surface area (Å²) in [5.74, 6) is -0.397. The molecule has 4 amide bonds. The Morgan fingerprint density at radius 1 is 1.07 bits per heavy atom. The third-order valence-electron chi connectivity index (χ3n) is 4.85. The van der Waals surface area contributed by atoms with Crippen LogP contribution < -0.4 is 15.5 Å². The number of benzene rings is 1. The Morgan fingerprint density at radius 2 is 1.77 bits per heavy atom. The first-order valence-electron chi connectivity index (χ1n) is 9.87. The lowest BCUT2D eigenvalue weighted by atomic mass is 10.1. The van der Waals surface area contributed by atoms with Crippen molar-refractivity contribution in [1.29, 1.82) is 0 Å². The number of likely N-dealkylation sites (tertiary alicyclic amines) is 1. The number of halogens is 1. The van der Waals surface area contributed by atoms with Crippen molar-refractivity contribution in [2.24, 2.45) is 0 Å². The van der Waals surface area contributed by atoms with Crippen molar-refractivity contribution in [3.8, 4) is 5.75 Å². The largest absolute Gasteiger partial charge is 0.460 e. The Kier molecular flexibility index (Phi) is 6.51. The van der Waals surface area contributed by atoms with E-state index >= 15 is 0 Å². The van der Waals surface area contributed by atoms with Crippen LogP contribution in [0.3, 0.4) is 0 Å². The molecular formula is C21H27FN5O3+. The molecule has 1 saturated heterocycles. The van der Waals surface area contributed by atoms with Crippen LogP contribution in [0.5, 0.6) is 5.75 Å². The molecule has 2 aromatic rings. The number of quaternary nitrogens is 1. The predicted molar refractivity (Wildman–Crippen MR) is 112 cm³/mol. The Labute approximate surface area is 175 Å². The quantitative estimate of drug-likeness (QED) is 0.734. The lowest BCUT2D eigenvalue weighted by Gasteiger charge is -2.37. The second-order valence-electron chi connectivity index (χ2n) is 7.61. The van der Waals surface area contributed by atoms with Crippen LogP contribution in [0, 0.1) is 12.7 Å². The van der Waals surface area contributed by atoms with Gasteiger partial charge in [0.25, 0.3) is 0 Å². The third kappa shape index (κ3) is 5.24. The zero-order chi connectivity index (χ0) is 21.7. The molecule has 0 unspecified atom stereocenters. The molecule has 2 N–H and O–H groups in total. The molecule has 30 heavy (non-hydrogen) atoms. The molecule has 1 aliphatic rings. The Balaban J connectivity index is 1.76. The van der Waals surface area contributed by atoms with Gasteiger partial charge in [-0.1, -0.05) is 4.65 Å². The number of aromatic nitrogens is 1. The summed E-state index contributed by atoms with van der Waals surface area (Å²) in [5, 5.41) is 5.23. The molecule has 8 nitrogen and oxygen atoms in total. The summed E-state index contributed by atoms with van der Waals surface area (Å²) in [4.78, 5) is 36.7. The third-order valence-corrected chi connectivity index (χ3v) is 4.85. The number of aryl methyl sites for hydroxylation is 1. The number of hydroxylamine groups is 3. The summed E-state index contributed by atoms with van der Waals surface area (Å²) in [6.07, 6.45) is 4.24. The molecule has 1 aromatic heterocycles. The second kappa shape index (κ2) is 9.08. The number of piperidine rings is 1. The second-order valence-corrected chi connectivity index (χ2v) is 7.61. The van der Waals surface area contributed by atoms with Crippen molar-refractivity contribution < 1.29 is 23.5 Å². The number of hydrogen-bond donors (Lipinski definition) is 2. The van der Waals surface area contributed by atoms with E-state index in [1.54, 1.807) is 26.2 Å². The van der Waals surface area contributed by atoms with Crippen LogP contribution in [0.25, 0.3) is 0 Å². The normalized spacial score (nSPS) is 15.2. The molecule has 9 heteroatoms. The number of anilines is 2. The molecule has 1 aromatic carbocycles. The van der Waals surface area contributed by atoms with Crippen LogP contribution in [0.2, 0.25) is 0 Å². The zero-order valence-corrected chi connectivity index (χ0v) is 17.4. The number of pyridine rings is 1. The molecule has 1 aliphatic heterocycles. The fraction of sp³-hybridized carbons (Fsp3) is 0.381. The minimum absolute atomic E-state index is 0.180. The van der Waals surface area contributed by atoms with Crippen molar-refractivity contribution >= 4 is 23.4 Å². The number of rotatable bonds is 4. The number of carbonyl (C=O) groups is 2. The maximum absolute atomic E-state index is 14.2. The summed E-state index contributed by atoms with van der Waals surface area (Å²) >= 11 is 0. The van der Waals surface area contributed by atoms with Crippen molar-refractivity contribution in [2.45, 2.75) is 26.2 Å². The van der Waals surface area contributed by atoms with Gasteiger partial charge in [-0.15, -0.1) is 0 Å². The number of hydrogen-bond acceptors (Lipinski definition) is 4. The highest BCUT2D eigenvalue weighted by atomic mass is 19.1. The van der Waals surface area contributed by atoms with Crippen LogP contribution in [-0.2, 0) is 0 Å². The number of nitrogens with zero attached hydrogens (tertiary/aromatic N) is 3. The predicted octanol–water partition coefficient (Wildman–Crippen LogP) is 4.15. The first kappa shape index (κ1) is 21.5. The molecule has 1 fully saturated rings. The maximum Gasteiger partial charge on any atom is 0.460 e. The number of nitrogens with one attached hydrogen (secondary N) is 2. The van der Waals surface area contributed by atoms with E-state index in [0.29, 0.717) is 18.8 Å². The number of urea groups is 2. The Hall–Kier alpha value is -3.20. The average Bonchev–Trinajstić information content (AvgIpc) is 2.69. The van der Waals surface area contributed by atoms with Gasteiger partial charge in [0, 0.05) is 50.5 Å². The summed E-state index contributed by atoms with van der Waals surface area (Å²) < 4.78 is 14.0. The fourth-order valence-corrected chi connectivity index (χ4v) is 3.43. The van der Waals surface area contributed by atoms with Crippen molar-refractivity contribution in [2.75, 3.05) is 37.8 Å². The molecule has 0 atom stereocenters. The first-order valence-corrected chi connectivity index (χ1v) is 9.87. The first-order chi connectivity index (χ1) is 14.3. The molecule has 3 rings (SSSR count). The summed E-state index contributed by atoms with van der Waals surface area (Å²) in [6.45, 7) is 2.87. The van der Waals surface area contributed by atoms with E-state index in [0.717, 1.165) is 25.0 Å². The van der Waals surface area contributed by atoms with Gasteiger partial charge in [0.1, 0.15) is 18.9 Å². The van der Waals surface area contributed by atoms with Gasteiger partial charge in [-0.2, -0.15) is 0 Å². The van der Waals surface area contributed by atoms with E-state index in [-0.39, 0.29) is 22.1 Å². The molecule has 0 saturated carbocycles. The lowest BCUT2D eigenvalue weighted by Crippen LogP contribution is -2.61. The highest BCUT2D eigenvalue weighted by Crippen LogP contribution is 2.28. The van der Waals surface area contributed by atoms with Gasteiger partial charge in [-0.25, -0.2) is 14.0 Å². The van der Waals surface area contributed by atoms with E-state index in [1.807, 2.05) is 6.92 Å². The molecule has 0 radical (unpaired) electrons. The summed E-state index contributed by atoms with van der Waals surface area (Å²) in [5.41, 5.74) is 1.56. The van der Waals surface area contributed by atoms with Crippen LogP contribution in [-0.4, -0.2) is 53.8 Å². The van der Waals surface area contributed by atoms with E-state index in [2.05, 4.69) is 15.6 Å². The highest BCUT2D eigenvalue weighted by Gasteiger charge is 2.43. The van der Waals surface area contributed by atoms with Crippen LogP contribution in [0.15, 0.2) is 36.5 Å². The minimum Gasteiger partial charge on any atom is -0.307 e. The number of carbonyl (C=O) groups excluding carboxylic acids is 2. The Morgan fingerprint density at radius 3 is 2.40 bits per heavy atom. The van der Waals surface area contributed by atoms with Gasteiger partial charge in [-0.05, 0) is 31.5 Å². The molecule has 0 spiro atoms. The highest BCUT2D eigenvalue weighted by molar-refractivity contribution is 5.99. The van der Waals surface area contributed by atoms with Gasteiger partial charge in [0.05, 0.1) is 11.9 Å². The van der Waals surface area contributed by atoms with E-state index in [4.69, 9.17) is 4.84 Å². The van der Waals surface area contributed by atoms with Crippen LogP contribution in [0.1, 0.15) is 25.0 Å². The zero-order valence-electron chi connectivity index (χ0n) is 17.4. The molecule has 160 valence electrons. The van der Waals surface area contributed by atoms with Crippen molar-refractivity contribution in [1.82, 2.24) is 9.88 Å². The average molecular weight is 416 g/mol. The molecule has 0 bridgehead atoms. The van der Waals surface area contributed by atoms with Crippen LogP contribution in [0.4, 0.5) is 25.4 Å². The van der Waals surface area contributed by atoms with Gasteiger partial charge in [-0.3, -0.25) is 9.88 Å². The topological polar surface area (TPSA) is 83.6 Å². The molecule has 0 aliphatic carbocycles. The molecule has 2 heterocycles. The van der Waals surface area contributed by atoms with Gasteiger partial charge < -0.3 is 15.5 Å². The molecular weight excluding hydrogens is 389 g/mol. The number of amides is 4. The van der Waals surface area contributed by atoms with Crippen molar-refractivity contribution in [3.05, 3.63) is 48.0 Å². The monoisotopic (exact) mass is 416 g/mol. The Bertz CT molecular complexity index is 911. The fourth-order valence-electron chi connectivity index (χ4n) is 3.43.